The second kappa shape index (κ2) is 4.04. The second-order valence-electron chi connectivity index (χ2n) is 4.92. The monoisotopic (exact) mass is 248 g/mol. The lowest BCUT2D eigenvalue weighted by Crippen LogP contribution is -2.11. The van der Waals surface area contributed by atoms with Gasteiger partial charge in [-0.25, -0.2) is 0 Å². The molecule has 0 radical (unpaired) electrons. The average molecular weight is 249 g/mol. The molecule has 2 aromatic rings. The first-order valence-electron chi connectivity index (χ1n) is 6.13. The third-order valence-electron chi connectivity index (χ3n) is 3.92. The van der Waals surface area contributed by atoms with Gasteiger partial charge in [-0.2, -0.15) is 0 Å². The smallest absolute Gasteiger partial charge is 0.0483 e. The summed E-state index contributed by atoms with van der Waals surface area (Å²) in [6.45, 7) is 4.44. The number of rotatable bonds is 1. The fraction of sp³-hybridized carbons (Fsp3) is 0.429. The van der Waals surface area contributed by atoms with E-state index in [2.05, 4.69) is 36.0 Å². The van der Waals surface area contributed by atoms with Crippen LogP contribution in [0.15, 0.2) is 18.2 Å². The molecule has 1 saturated heterocycles. The summed E-state index contributed by atoms with van der Waals surface area (Å²) in [5.74, 6) is 0.645. The van der Waals surface area contributed by atoms with Crippen LogP contribution < -0.4 is 5.32 Å². The lowest BCUT2D eigenvalue weighted by atomic mass is 10.0. The van der Waals surface area contributed by atoms with Crippen LogP contribution in [0, 0.1) is 6.92 Å². The normalized spacial score (nSPS) is 20.3. The number of nitrogens with one attached hydrogen (secondary N) is 1. The molecule has 0 aliphatic carbocycles. The summed E-state index contributed by atoms with van der Waals surface area (Å²) >= 11 is 6.09. The van der Waals surface area contributed by atoms with Gasteiger partial charge in [0.2, 0.25) is 0 Å². The van der Waals surface area contributed by atoms with Gasteiger partial charge in [0.25, 0.3) is 0 Å². The minimum absolute atomic E-state index is 0.645. The molecule has 0 bridgehead atoms. The summed E-state index contributed by atoms with van der Waals surface area (Å²) in [7, 11) is 2.16. The molecular weight excluding hydrogens is 232 g/mol. The van der Waals surface area contributed by atoms with Gasteiger partial charge < -0.3 is 9.88 Å². The minimum atomic E-state index is 0.645. The molecule has 1 unspecified atom stereocenters. The Bertz CT molecular complexity index is 565. The van der Waals surface area contributed by atoms with Crippen LogP contribution in [-0.2, 0) is 7.05 Å². The molecule has 1 N–H and O–H groups in total. The van der Waals surface area contributed by atoms with Crippen LogP contribution in [0.2, 0.25) is 5.02 Å². The molecule has 0 amide bonds. The molecule has 1 fully saturated rings. The van der Waals surface area contributed by atoms with Crippen molar-refractivity contribution in [2.24, 2.45) is 7.05 Å². The predicted molar refractivity (Wildman–Crippen MR) is 72.9 cm³/mol. The van der Waals surface area contributed by atoms with E-state index in [0.717, 1.165) is 18.1 Å². The quantitative estimate of drug-likeness (QED) is 0.820. The van der Waals surface area contributed by atoms with Crippen molar-refractivity contribution in [2.75, 3.05) is 13.1 Å². The Balaban J connectivity index is 2.24. The lowest BCUT2D eigenvalue weighted by Gasteiger charge is -2.12. The second-order valence-corrected chi connectivity index (χ2v) is 5.36. The van der Waals surface area contributed by atoms with E-state index in [0.29, 0.717) is 5.92 Å². The summed E-state index contributed by atoms with van der Waals surface area (Å²) in [5.41, 5.74) is 4.14. The topological polar surface area (TPSA) is 17.0 Å². The third kappa shape index (κ3) is 1.67. The van der Waals surface area contributed by atoms with Gasteiger partial charge >= 0.3 is 0 Å². The van der Waals surface area contributed by atoms with Crippen LogP contribution in [0.4, 0.5) is 0 Å². The molecule has 0 spiro atoms. The summed E-state index contributed by atoms with van der Waals surface area (Å²) in [4.78, 5) is 0. The number of halogens is 1. The zero-order chi connectivity index (χ0) is 12.0. The van der Waals surface area contributed by atoms with Crippen molar-refractivity contribution in [3.63, 3.8) is 0 Å². The fourth-order valence-electron chi connectivity index (χ4n) is 3.09. The highest BCUT2D eigenvalue weighted by Crippen LogP contribution is 2.33. The molecule has 2 heterocycles. The molecule has 3 rings (SSSR count). The van der Waals surface area contributed by atoms with E-state index in [4.69, 9.17) is 11.6 Å². The maximum atomic E-state index is 6.09. The zero-order valence-corrected chi connectivity index (χ0v) is 11.0. The van der Waals surface area contributed by atoms with Crippen molar-refractivity contribution in [1.82, 2.24) is 9.88 Å². The summed E-state index contributed by atoms with van der Waals surface area (Å²) in [5, 5.41) is 5.56. The van der Waals surface area contributed by atoms with Crippen LogP contribution >= 0.6 is 11.6 Å². The summed E-state index contributed by atoms with van der Waals surface area (Å²) < 4.78 is 2.33. The van der Waals surface area contributed by atoms with Gasteiger partial charge in [-0.05, 0) is 43.7 Å². The molecule has 2 nitrogen and oxygen atoms in total. The first kappa shape index (κ1) is 11.1. The van der Waals surface area contributed by atoms with Crippen molar-refractivity contribution in [3.05, 3.63) is 34.5 Å². The van der Waals surface area contributed by atoms with Crippen molar-refractivity contribution in [3.8, 4) is 0 Å². The molecule has 3 heteroatoms. The highest BCUT2D eigenvalue weighted by atomic mass is 35.5. The van der Waals surface area contributed by atoms with Gasteiger partial charge in [-0.3, -0.25) is 0 Å². The third-order valence-corrected chi connectivity index (χ3v) is 4.15. The predicted octanol–water partition coefficient (Wildman–Crippen LogP) is 3.22. The number of nitrogens with zero attached hydrogens (tertiary/aromatic N) is 1. The Morgan fingerprint density at radius 2 is 2.24 bits per heavy atom. The van der Waals surface area contributed by atoms with Crippen LogP contribution in [0.1, 0.15) is 23.6 Å². The molecular formula is C14H17ClN2. The summed E-state index contributed by atoms with van der Waals surface area (Å²) in [6.07, 6.45) is 1.23. The average Bonchev–Trinajstić information content (AvgIpc) is 2.88. The van der Waals surface area contributed by atoms with Crippen molar-refractivity contribution >= 4 is 22.5 Å². The number of fused-ring (bicyclic) bond motifs is 1. The van der Waals surface area contributed by atoms with Crippen LogP contribution in [0.25, 0.3) is 10.9 Å². The highest BCUT2D eigenvalue weighted by molar-refractivity contribution is 6.31. The minimum Gasteiger partial charge on any atom is -0.347 e. The Morgan fingerprint density at radius 1 is 1.41 bits per heavy atom. The zero-order valence-electron chi connectivity index (χ0n) is 10.3. The maximum Gasteiger partial charge on any atom is 0.0483 e. The van der Waals surface area contributed by atoms with E-state index < -0.39 is 0 Å². The van der Waals surface area contributed by atoms with Crippen molar-refractivity contribution in [1.29, 1.82) is 0 Å². The number of aryl methyl sites for hydroxylation is 2. The van der Waals surface area contributed by atoms with E-state index >= 15 is 0 Å². The molecule has 1 aliphatic rings. The van der Waals surface area contributed by atoms with Crippen LogP contribution in [0.3, 0.4) is 0 Å². The fourth-order valence-corrected chi connectivity index (χ4v) is 3.26. The number of benzene rings is 1. The standard InChI is InChI=1S/C14H17ClN2/c1-9-12-7-11(15)3-4-13(12)17(2)14(9)10-5-6-16-8-10/h3-4,7,10,16H,5-6,8H2,1-2H3. The van der Waals surface area contributed by atoms with Gasteiger partial charge in [-0.15, -0.1) is 0 Å². The highest BCUT2D eigenvalue weighted by Gasteiger charge is 2.23. The van der Waals surface area contributed by atoms with E-state index in [9.17, 15) is 0 Å². The van der Waals surface area contributed by atoms with E-state index in [-0.39, 0.29) is 0 Å². The van der Waals surface area contributed by atoms with Gasteiger partial charge in [0.15, 0.2) is 0 Å². The van der Waals surface area contributed by atoms with Gasteiger partial charge in [-0.1, -0.05) is 11.6 Å². The van der Waals surface area contributed by atoms with Crippen molar-refractivity contribution in [2.45, 2.75) is 19.3 Å². The summed E-state index contributed by atoms with van der Waals surface area (Å²) in [6, 6.07) is 6.18. The van der Waals surface area contributed by atoms with Gasteiger partial charge in [0, 0.05) is 41.1 Å². The maximum absolute atomic E-state index is 6.09. The number of hydrogen-bond donors (Lipinski definition) is 1. The van der Waals surface area contributed by atoms with E-state index in [1.54, 1.807) is 0 Å². The Kier molecular flexibility index (Phi) is 2.64. The molecule has 90 valence electrons. The largest absolute Gasteiger partial charge is 0.347 e. The van der Waals surface area contributed by atoms with Gasteiger partial charge in [0.05, 0.1) is 0 Å². The molecule has 1 aliphatic heterocycles. The Hall–Kier alpha value is -0.990. The molecule has 17 heavy (non-hydrogen) atoms. The first-order valence-corrected chi connectivity index (χ1v) is 6.51. The number of hydrogen-bond acceptors (Lipinski definition) is 1. The Labute approximate surface area is 107 Å². The first-order chi connectivity index (χ1) is 8.18. The molecule has 1 atom stereocenters. The van der Waals surface area contributed by atoms with Crippen LogP contribution in [-0.4, -0.2) is 17.7 Å². The number of aromatic nitrogens is 1. The van der Waals surface area contributed by atoms with Crippen LogP contribution in [0.5, 0.6) is 0 Å². The van der Waals surface area contributed by atoms with E-state index in [1.807, 2.05) is 6.07 Å². The molecule has 0 saturated carbocycles. The molecule has 1 aromatic carbocycles. The van der Waals surface area contributed by atoms with E-state index in [1.165, 1.54) is 28.6 Å². The lowest BCUT2D eigenvalue weighted by molar-refractivity contribution is 0.688. The molecule has 1 aromatic heterocycles. The van der Waals surface area contributed by atoms with Gasteiger partial charge in [0.1, 0.15) is 0 Å². The Morgan fingerprint density at radius 3 is 2.94 bits per heavy atom. The SMILES string of the molecule is Cc1c(C2CCNC2)n(C)c2ccc(Cl)cc12. The van der Waals surface area contributed by atoms with Crippen molar-refractivity contribution < 1.29 is 0 Å².